The number of hydrogen-bond acceptors (Lipinski definition) is 3. The van der Waals surface area contributed by atoms with Gasteiger partial charge in [-0.2, -0.15) is 17.9 Å². The van der Waals surface area contributed by atoms with E-state index in [4.69, 9.17) is 0 Å². The maximum Gasteiger partial charge on any atom is 0.279 e. The minimum Gasteiger partial charge on any atom is -0.207 e. The lowest BCUT2D eigenvalue weighted by Crippen LogP contribution is -2.24. The molecule has 0 atom stereocenters. The number of aryl methyl sites for hydroxylation is 1. The van der Waals surface area contributed by atoms with Crippen molar-refractivity contribution in [1.29, 1.82) is 0 Å². The fourth-order valence-corrected chi connectivity index (χ4v) is 4.34. The fourth-order valence-electron chi connectivity index (χ4n) is 3.12. The Bertz CT molecular complexity index is 1180. The third-order valence-corrected chi connectivity index (χ3v) is 6.31. The van der Waals surface area contributed by atoms with Crippen molar-refractivity contribution in [1.82, 2.24) is 4.41 Å². The summed E-state index contributed by atoms with van der Waals surface area (Å²) in [7, 11) is -3.80. The zero-order chi connectivity index (χ0) is 20.4. The second kappa shape index (κ2) is 7.64. The number of sulfonamides is 1. The Morgan fingerprint density at radius 3 is 2.24 bits per heavy atom. The van der Waals surface area contributed by atoms with Crippen molar-refractivity contribution in [2.45, 2.75) is 11.8 Å². The van der Waals surface area contributed by atoms with E-state index in [0.717, 1.165) is 21.1 Å². The predicted octanol–water partition coefficient (Wildman–Crippen LogP) is 4.63. The zero-order valence-corrected chi connectivity index (χ0v) is 16.6. The van der Waals surface area contributed by atoms with Gasteiger partial charge in [-0.1, -0.05) is 48.0 Å². The highest BCUT2D eigenvalue weighted by molar-refractivity contribution is 7.89. The van der Waals surface area contributed by atoms with Gasteiger partial charge in [-0.15, -0.1) is 0 Å². The number of hydrazone groups is 1. The van der Waals surface area contributed by atoms with E-state index in [1.807, 2.05) is 43.3 Å². The molecule has 0 bridgehead atoms. The van der Waals surface area contributed by atoms with E-state index in [2.05, 4.69) is 5.10 Å². The average Bonchev–Trinajstić information content (AvgIpc) is 3.14. The normalized spacial score (nSPS) is 15.6. The van der Waals surface area contributed by atoms with Gasteiger partial charge in [-0.3, -0.25) is 0 Å². The Morgan fingerprint density at radius 2 is 1.59 bits per heavy atom. The van der Waals surface area contributed by atoms with Crippen LogP contribution in [0.2, 0.25) is 0 Å². The first-order chi connectivity index (χ1) is 13.9. The summed E-state index contributed by atoms with van der Waals surface area (Å²) in [5, 5.41) is 4.41. The molecule has 29 heavy (non-hydrogen) atoms. The van der Waals surface area contributed by atoms with Crippen molar-refractivity contribution >= 4 is 21.8 Å². The van der Waals surface area contributed by atoms with Gasteiger partial charge in [0.15, 0.2) is 0 Å². The molecule has 3 aromatic rings. The highest BCUT2D eigenvalue weighted by atomic mass is 32.2. The first kappa shape index (κ1) is 19.1. The van der Waals surface area contributed by atoms with Crippen LogP contribution >= 0.6 is 0 Å². The van der Waals surface area contributed by atoms with Crippen LogP contribution < -0.4 is 0 Å². The molecule has 1 heterocycles. The molecule has 0 unspecified atom stereocenters. The molecule has 0 spiro atoms. The molecular weight excluding hydrogens is 387 g/mol. The summed E-state index contributed by atoms with van der Waals surface area (Å²) in [6.45, 7) is 2.01. The molecule has 4 nitrogen and oxygen atoms in total. The van der Waals surface area contributed by atoms with Crippen LogP contribution in [-0.2, 0) is 10.0 Å². The summed E-state index contributed by atoms with van der Waals surface area (Å²) in [6.07, 6.45) is 1.91. The molecule has 3 aromatic carbocycles. The Labute approximate surface area is 169 Å². The van der Waals surface area contributed by atoms with Crippen LogP contribution in [0, 0.1) is 12.7 Å². The van der Waals surface area contributed by atoms with Crippen molar-refractivity contribution in [2.24, 2.45) is 5.10 Å². The van der Waals surface area contributed by atoms with Gasteiger partial charge in [-0.25, -0.2) is 4.39 Å². The number of halogens is 1. The van der Waals surface area contributed by atoms with E-state index in [-0.39, 0.29) is 17.3 Å². The average molecular weight is 406 g/mol. The van der Waals surface area contributed by atoms with Crippen LogP contribution in [0.25, 0.3) is 6.08 Å². The molecular formula is C23H19FN2O2S. The van der Waals surface area contributed by atoms with Crippen LogP contribution in [0.15, 0.2) is 94.4 Å². The standard InChI is InChI=1S/C23H19FN2O2S/c1-17-7-13-22(14-8-17)29(27,28)26-16-20(15-18-5-3-2-4-6-18)23(25-26)19-9-11-21(24)12-10-19/h2-15H,16H2,1H3/b20-15+. The number of hydrogen-bond donors (Lipinski definition) is 0. The van der Waals surface area contributed by atoms with Gasteiger partial charge in [-0.05, 0) is 55.0 Å². The Kier molecular flexibility index (Phi) is 5.03. The van der Waals surface area contributed by atoms with Crippen molar-refractivity contribution in [2.75, 3.05) is 6.54 Å². The monoisotopic (exact) mass is 406 g/mol. The zero-order valence-electron chi connectivity index (χ0n) is 15.8. The van der Waals surface area contributed by atoms with Crippen LogP contribution in [0.4, 0.5) is 4.39 Å². The predicted molar refractivity (Wildman–Crippen MR) is 112 cm³/mol. The van der Waals surface area contributed by atoms with Crippen LogP contribution in [0.5, 0.6) is 0 Å². The highest BCUT2D eigenvalue weighted by Gasteiger charge is 2.31. The topological polar surface area (TPSA) is 49.7 Å². The molecule has 0 amide bonds. The van der Waals surface area contributed by atoms with E-state index >= 15 is 0 Å². The maximum absolute atomic E-state index is 13.4. The minimum atomic E-state index is -3.80. The van der Waals surface area contributed by atoms with Gasteiger partial charge in [0.25, 0.3) is 10.0 Å². The number of rotatable bonds is 4. The quantitative estimate of drug-likeness (QED) is 0.634. The molecule has 0 radical (unpaired) electrons. The third-order valence-electron chi connectivity index (χ3n) is 4.68. The van der Waals surface area contributed by atoms with Gasteiger partial charge in [0, 0.05) is 11.1 Å². The lowest BCUT2D eigenvalue weighted by molar-refractivity contribution is 0.473. The Balaban J connectivity index is 1.78. The molecule has 1 aliphatic heterocycles. The van der Waals surface area contributed by atoms with Gasteiger partial charge in [0.1, 0.15) is 5.82 Å². The second-order valence-electron chi connectivity index (χ2n) is 6.83. The molecule has 4 rings (SSSR count). The molecule has 0 saturated heterocycles. The van der Waals surface area contributed by atoms with Crippen molar-refractivity contribution in [3.8, 4) is 0 Å². The van der Waals surface area contributed by atoms with Gasteiger partial charge in [0.2, 0.25) is 0 Å². The summed E-state index contributed by atoms with van der Waals surface area (Å²) >= 11 is 0. The van der Waals surface area contributed by atoms with E-state index in [1.165, 1.54) is 12.1 Å². The molecule has 0 aliphatic carbocycles. The highest BCUT2D eigenvalue weighted by Crippen LogP contribution is 2.27. The molecule has 0 fully saturated rings. The van der Waals surface area contributed by atoms with E-state index in [1.54, 1.807) is 36.4 Å². The second-order valence-corrected chi connectivity index (χ2v) is 8.68. The Hall–Kier alpha value is -3.25. The fraction of sp³-hybridized carbons (Fsp3) is 0.0870. The van der Waals surface area contributed by atoms with E-state index in [9.17, 15) is 12.8 Å². The van der Waals surface area contributed by atoms with E-state index < -0.39 is 10.0 Å². The van der Waals surface area contributed by atoms with Crippen molar-refractivity contribution < 1.29 is 12.8 Å². The van der Waals surface area contributed by atoms with E-state index in [0.29, 0.717) is 11.3 Å². The summed E-state index contributed by atoms with van der Waals surface area (Å²) in [4.78, 5) is 0.186. The molecule has 0 N–H and O–H groups in total. The summed E-state index contributed by atoms with van der Waals surface area (Å²) in [5.41, 5.74) is 3.84. The maximum atomic E-state index is 13.4. The first-order valence-electron chi connectivity index (χ1n) is 9.13. The number of nitrogens with zero attached hydrogens (tertiary/aromatic N) is 2. The molecule has 1 aliphatic rings. The molecule has 146 valence electrons. The van der Waals surface area contributed by atoms with Gasteiger partial charge in [0.05, 0.1) is 17.2 Å². The SMILES string of the molecule is Cc1ccc(S(=O)(=O)N2C/C(=C\c3ccccc3)C(c3ccc(F)cc3)=N2)cc1. The summed E-state index contributed by atoms with van der Waals surface area (Å²) in [6, 6.07) is 22.2. The van der Waals surface area contributed by atoms with Gasteiger partial charge >= 0.3 is 0 Å². The van der Waals surface area contributed by atoms with Crippen LogP contribution in [-0.4, -0.2) is 25.1 Å². The van der Waals surface area contributed by atoms with Crippen molar-refractivity contribution in [3.05, 3.63) is 107 Å². The van der Waals surface area contributed by atoms with Crippen LogP contribution in [0.1, 0.15) is 16.7 Å². The Morgan fingerprint density at radius 1 is 0.931 bits per heavy atom. The first-order valence-corrected chi connectivity index (χ1v) is 10.6. The summed E-state index contributed by atoms with van der Waals surface area (Å²) < 4.78 is 40.7. The lowest BCUT2D eigenvalue weighted by Gasteiger charge is -2.14. The minimum absolute atomic E-state index is 0.109. The van der Waals surface area contributed by atoms with Gasteiger partial charge < -0.3 is 0 Å². The van der Waals surface area contributed by atoms with Crippen molar-refractivity contribution in [3.63, 3.8) is 0 Å². The number of benzene rings is 3. The molecule has 0 saturated carbocycles. The lowest BCUT2D eigenvalue weighted by atomic mass is 10.0. The molecule has 6 heteroatoms. The summed E-state index contributed by atoms with van der Waals surface area (Å²) in [5.74, 6) is -0.356. The smallest absolute Gasteiger partial charge is 0.207 e. The largest absolute Gasteiger partial charge is 0.279 e. The third kappa shape index (κ3) is 3.98. The molecule has 0 aromatic heterocycles. The van der Waals surface area contributed by atoms with Crippen LogP contribution in [0.3, 0.4) is 0 Å².